The largest absolute Gasteiger partial charge is 0.307 e. The molecule has 1 amide bonds. The topological polar surface area (TPSA) is 90.1 Å². The van der Waals surface area contributed by atoms with Crippen LogP contribution in [0.25, 0.3) is 0 Å². The molecule has 3 rings (SSSR count). The Morgan fingerprint density at radius 2 is 1.85 bits per heavy atom. The third kappa shape index (κ3) is 4.03. The van der Waals surface area contributed by atoms with Gasteiger partial charge in [-0.3, -0.25) is 14.9 Å². The lowest BCUT2D eigenvalue weighted by Gasteiger charge is -2.11. The van der Waals surface area contributed by atoms with Crippen molar-refractivity contribution in [3.8, 4) is 0 Å². The van der Waals surface area contributed by atoms with Gasteiger partial charge in [0.1, 0.15) is 5.82 Å². The first-order chi connectivity index (χ1) is 13.0. The van der Waals surface area contributed by atoms with Gasteiger partial charge in [-0.2, -0.15) is 5.10 Å². The molecule has 3 aromatic rings. The number of nitro benzene ring substituents is 1. The van der Waals surface area contributed by atoms with Crippen molar-refractivity contribution in [1.29, 1.82) is 0 Å². The summed E-state index contributed by atoms with van der Waals surface area (Å²) in [4.78, 5) is 23.2. The fourth-order valence-corrected chi connectivity index (χ4v) is 2.87. The second-order valence-electron chi connectivity index (χ2n) is 6.21. The smallest absolute Gasteiger partial charge is 0.273 e. The fraction of sp³-hybridized carbons (Fsp3) is 0.200. The Labute approximate surface area is 156 Å². The van der Waals surface area contributed by atoms with E-state index in [0.717, 1.165) is 12.0 Å². The van der Waals surface area contributed by atoms with Crippen molar-refractivity contribution >= 4 is 17.4 Å². The van der Waals surface area contributed by atoms with Crippen molar-refractivity contribution in [2.75, 3.05) is 5.32 Å². The molecule has 7 nitrogen and oxygen atoms in total. The maximum absolute atomic E-state index is 12.6. The van der Waals surface area contributed by atoms with Gasteiger partial charge in [0, 0.05) is 23.3 Å². The van der Waals surface area contributed by atoms with E-state index in [-0.39, 0.29) is 11.3 Å². The van der Waals surface area contributed by atoms with Crippen LogP contribution in [-0.2, 0) is 13.0 Å². The SMILES string of the molecule is CCc1ccc(Cn2nccc2NC(=O)c2cccc([N+](=O)[O-])c2C)cc1. The maximum Gasteiger partial charge on any atom is 0.273 e. The second kappa shape index (κ2) is 7.82. The number of hydrogen-bond acceptors (Lipinski definition) is 4. The molecule has 0 atom stereocenters. The number of aromatic nitrogens is 2. The molecule has 0 bridgehead atoms. The summed E-state index contributed by atoms with van der Waals surface area (Å²) >= 11 is 0. The van der Waals surface area contributed by atoms with Crippen LogP contribution >= 0.6 is 0 Å². The van der Waals surface area contributed by atoms with Gasteiger partial charge in [-0.05, 0) is 30.5 Å². The summed E-state index contributed by atoms with van der Waals surface area (Å²) in [6.45, 7) is 4.19. The van der Waals surface area contributed by atoms with Crippen molar-refractivity contribution in [2.45, 2.75) is 26.8 Å². The lowest BCUT2D eigenvalue weighted by Crippen LogP contribution is -2.17. The van der Waals surface area contributed by atoms with Gasteiger partial charge in [-0.15, -0.1) is 0 Å². The molecule has 0 radical (unpaired) electrons. The zero-order valence-electron chi connectivity index (χ0n) is 15.2. The van der Waals surface area contributed by atoms with Gasteiger partial charge < -0.3 is 5.32 Å². The molecule has 0 unspecified atom stereocenters. The number of nitrogens with zero attached hydrogens (tertiary/aromatic N) is 3. The molecule has 0 spiro atoms. The molecular weight excluding hydrogens is 344 g/mol. The van der Waals surface area contributed by atoms with Gasteiger partial charge in [0.15, 0.2) is 0 Å². The van der Waals surface area contributed by atoms with Crippen LogP contribution in [-0.4, -0.2) is 20.6 Å². The molecule has 138 valence electrons. The summed E-state index contributed by atoms with van der Waals surface area (Å²) in [6.07, 6.45) is 2.59. The number of aryl methyl sites for hydroxylation is 1. The van der Waals surface area contributed by atoms with Crippen molar-refractivity contribution in [2.24, 2.45) is 0 Å². The Morgan fingerprint density at radius 1 is 1.15 bits per heavy atom. The highest BCUT2D eigenvalue weighted by molar-refractivity contribution is 6.05. The zero-order valence-corrected chi connectivity index (χ0v) is 15.2. The summed E-state index contributed by atoms with van der Waals surface area (Å²) in [6, 6.07) is 14.4. The number of carbonyl (C=O) groups excluding carboxylic acids is 1. The molecule has 2 aromatic carbocycles. The van der Waals surface area contributed by atoms with Crippen molar-refractivity contribution in [3.63, 3.8) is 0 Å². The molecule has 0 saturated carbocycles. The molecule has 1 heterocycles. The Morgan fingerprint density at radius 3 is 2.52 bits per heavy atom. The average Bonchev–Trinajstić information content (AvgIpc) is 3.08. The molecule has 0 aliphatic carbocycles. The van der Waals surface area contributed by atoms with Crippen molar-refractivity contribution < 1.29 is 9.72 Å². The summed E-state index contributed by atoms with van der Waals surface area (Å²) in [5, 5.41) is 18.1. The van der Waals surface area contributed by atoms with Crippen LogP contribution in [0, 0.1) is 17.0 Å². The van der Waals surface area contributed by atoms with Gasteiger partial charge >= 0.3 is 0 Å². The highest BCUT2D eigenvalue weighted by Crippen LogP contribution is 2.22. The number of amides is 1. The Balaban J connectivity index is 1.79. The first-order valence-electron chi connectivity index (χ1n) is 8.64. The minimum Gasteiger partial charge on any atom is -0.307 e. The molecular formula is C20H20N4O3. The number of anilines is 1. The average molecular weight is 364 g/mol. The Bertz CT molecular complexity index is 977. The van der Waals surface area contributed by atoms with Crippen molar-refractivity contribution in [1.82, 2.24) is 9.78 Å². The van der Waals surface area contributed by atoms with E-state index < -0.39 is 10.8 Å². The molecule has 0 fully saturated rings. The summed E-state index contributed by atoms with van der Waals surface area (Å²) < 4.78 is 1.69. The molecule has 0 saturated heterocycles. The van der Waals surface area contributed by atoms with Crippen LogP contribution in [0.4, 0.5) is 11.5 Å². The van der Waals surface area contributed by atoms with Gasteiger partial charge in [-0.1, -0.05) is 37.3 Å². The first kappa shape index (κ1) is 18.3. The highest BCUT2D eigenvalue weighted by Gasteiger charge is 2.19. The third-order valence-corrected chi connectivity index (χ3v) is 4.47. The molecule has 7 heteroatoms. The maximum atomic E-state index is 12.6. The normalized spacial score (nSPS) is 10.6. The van der Waals surface area contributed by atoms with E-state index >= 15 is 0 Å². The van der Waals surface area contributed by atoms with E-state index in [1.54, 1.807) is 29.9 Å². The second-order valence-corrected chi connectivity index (χ2v) is 6.21. The summed E-state index contributed by atoms with van der Waals surface area (Å²) in [5.41, 5.74) is 2.85. The summed E-state index contributed by atoms with van der Waals surface area (Å²) in [5.74, 6) is 0.129. The fourth-order valence-electron chi connectivity index (χ4n) is 2.87. The highest BCUT2D eigenvalue weighted by atomic mass is 16.6. The van der Waals surface area contributed by atoms with Crippen LogP contribution in [0.2, 0.25) is 0 Å². The van der Waals surface area contributed by atoms with Crippen LogP contribution < -0.4 is 5.32 Å². The van der Waals surface area contributed by atoms with E-state index in [9.17, 15) is 14.9 Å². The number of carbonyl (C=O) groups is 1. The van der Waals surface area contributed by atoms with Gasteiger partial charge in [-0.25, -0.2) is 4.68 Å². The van der Waals surface area contributed by atoms with Crippen LogP contribution in [0.3, 0.4) is 0 Å². The lowest BCUT2D eigenvalue weighted by molar-refractivity contribution is -0.385. The van der Waals surface area contributed by atoms with E-state index in [1.165, 1.54) is 17.7 Å². The van der Waals surface area contributed by atoms with Crippen molar-refractivity contribution in [3.05, 3.63) is 87.1 Å². The number of hydrogen-bond donors (Lipinski definition) is 1. The summed E-state index contributed by atoms with van der Waals surface area (Å²) in [7, 11) is 0. The van der Waals surface area contributed by atoms with Gasteiger partial charge in [0.25, 0.3) is 11.6 Å². The van der Waals surface area contributed by atoms with Gasteiger partial charge in [0.05, 0.1) is 17.7 Å². The van der Waals surface area contributed by atoms with E-state index in [2.05, 4.69) is 29.5 Å². The number of nitro groups is 1. The van der Waals surface area contributed by atoms with Crippen LogP contribution in [0.15, 0.2) is 54.7 Å². The number of rotatable bonds is 6. The Hall–Kier alpha value is -3.48. The quantitative estimate of drug-likeness (QED) is 0.529. The van der Waals surface area contributed by atoms with Gasteiger partial charge in [0.2, 0.25) is 0 Å². The molecule has 1 N–H and O–H groups in total. The molecule has 0 aliphatic heterocycles. The van der Waals surface area contributed by atoms with E-state index in [1.807, 2.05) is 12.1 Å². The predicted octanol–water partition coefficient (Wildman–Crippen LogP) is 3.96. The zero-order chi connectivity index (χ0) is 19.4. The monoisotopic (exact) mass is 364 g/mol. The van der Waals surface area contributed by atoms with Crippen LogP contribution in [0.1, 0.15) is 34.0 Å². The van der Waals surface area contributed by atoms with E-state index in [0.29, 0.717) is 17.9 Å². The third-order valence-electron chi connectivity index (χ3n) is 4.47. The predicted molar refractivity (Wildman–Crippen MR) is 103 cm³/mol. The molecule has 1 aromatic heterocycles. The Kier molecular flexibility index (Phi) is 5.30. The minimum atomic E-state index is -0.490. The molecule has 27 heavy (non-hydrogen) atoms. The standard InChI is InChI=1S/C20H20N4O3/c1-3-15-7-9-16(10-8-15)13-23-19(11-12-21-23)22-20(25)17-5-4-6-18(14(17)2)24(26)27/h4-12H,3,13H2,1-2H3,(H,22,25). The molecule has 0 aliphatic rings. The van der Waals surface area contributed by atoms with E-state index in [4.69, 9.17) is 0 Å². The lowest BCUT2D eigenvalue weighted by atomic mass is 10.1. The van der Waals surface area contributed by atoms with Crippen LogP contribution in [0.5, 0.6) is 0 Å². The number of benzene rings is 2. The number of nitrogens with one attached hydrogen (secondary N) is 1. The first-order valence-corrected chi connectivity index (χ1v) is 8.64. The minimum absolute atomic E-state index is 0.0767.